The van der Waals surface area contributed by atoms with Gasteiger partial charge in [0.2, 0.25) is 5.89 Å². The van der Waals surface area contributed by atoms with E-state index in [9.17, 15) is 9.18 Å². The molecule has 1 amide bonds. The number of fused-ring (bicyclic) bond motifs is 1. The average Bonchev–Trinajstić information content (AvgIpc) is 3.29. The highest BCUT2D eigenvalue weighted by molar-refractivity contribution is 5.96. The molecule has 27 heavy (non-hydrogen) atoms. The van der Waals surface area contributed by atoms with E-state index in [2.05, 4.69) is 10.3 Å². The predicted molar refractivity (Wildman–Crippen MR) is 102 cm³/mol. The number of halogens is 2. The van der Waals surface area contributed by atoms with Crippen molar-refractivity contribution in [1.82, 2.24) is 4.98 Å². The molecule has 0 bridgehead atoms. The Morgan fingerprint density at radius 2 is 2.00 bits per heavy atom. The molecule has 1 aromatic heterocycles. The highest BCUT2D eigenvalue weighted by Crippen LogP contribution is 2.27. The fourth-order valence-corrected chi connectivity index (χ4v) is 3.01. The second-order valence-corrected chi connectivity index (χ2v) is 6.26. The molecule has 0 aliphatic carbocycles. The topological polar surface area (TPSA) is 90.4 Å². The van der Waals surface area contributed by atoms with Crippen LogP contribution in [0.15, 0.2) is 46.9 Å². The maximum absolute atomic E-state index is 13.0. The number of aromatic nitrogens is 1. The quantitative estimate of drug-likeness (QED) is 0.710. The fourth-order valence-electron chi connectivity index (χ4n) is 3.01. The summed E-state index contributed by atoms with van der Waals surface area (Å²) in [6.45, 7) is 0.417. The average molecular weight is 392 g/mol. The minimum atomic E-state index is -0.483. The Labute approximate surface area is 161 Å². The minimum Gasteiger partial charge on any atom is -0.436 e. The molecule has 0 radical (unpaired) electrons. The summed E-state index contributed by atoms with van der Waals surface area (Å²) in [5.74, 6) is -0.118. The lowest BCUT2D eigenvalue weighted by Gasteiger charge is -2.12. The Balaban J connectivity index is 0.00000210. The first-order valence-corrected chi connectivity index (χ1v) is 8.45. The zero-order valence-corrected chi connectivity index (χ0v) is 15.2. The molecule has 4 rings (SSSR count). The van der Waals surface area contributed by atoms with Crippen LogP contribution in [0.5, 0.6) is 0 Å². The molecular weight excluding hydrogens is 373 g/mol. The van der Waals surface area contributed by atoms with Crippen molar-refractivity contribution in [3.8, 4) is 11.5 Å². The number of ether oxygens (including phenoxy) is 1. The lowest BCUT2D eigenvalue weighted by atomic mass is 10.2. The Morgan fingerprint density at radius 3 is 2.70 bits per heavy atom. The van der Waals surface area contributed by atoms with Crippen LogP contribution in [0.25, 0.3) is 22.6 Å². The largest absolute Gasteiger partial charge is 0.436 e. The number of amides is 1. The summed E-state index contributed by atoms with van der Waals surface area (Å²) in [5, 5.41) is 2.84. The van der Waals surface area contributed by atoms with Crippen molar-refractivity contribution >= 4 is 35.1 Å². The van der Waals surface area contributed by atoms with Crippen LogP contribution < -0.4 is 11.1 Å². The van der Waals surface area contributed by atoms with E-state index in [-0.39, 0.29) is 30.2 Å². The Morgan fingerprint density at radius 1 is 1.22 bits per heavy atom. The van der Waals surface area contributed by atoms with E-state index in [1.165, 1.54) is 12.1 Å². The van der Waals surface area contributed by atoms with Gasteiger partial charge < -0.3 is 20.2 Å². The van der Waals surface area contributed by atoms with E-state index in [0.29, 0.717) is 41.2 Å². The third-order valence-electron chi connectivity index (χ3n) is 4.41. The lowest BCUT2D eigenvalue weighted by Crippen LogP contribution is -2.29. The van der Waals surface area contributed by atoms with Crippen molar-refractivity contribution in [3.63, 3.8) is 0 Å². The maximum atomic E-state index is 13.0. The molecule has 1 fully saturated rings. The summed E-state index contributed by atoms with van der Waals surface area (Å²) >= 11 is 0. The molecule has 0 spiro atoms. The number of rotatable bonds is 4. The zero-order valence-electron chi connectivity index (χ0n) is 14.4. The van der Waals surface area contributed by atoms with Crippen molar-refractivity contribution in [2.45, 2.75) is 25.0 Å². The Hall–Kier alpha value is -2.48. The second kappa shape index (κ2) is 8.04. The molecule has 6 nitrogen and oxygen atoms in total. The summed E-state index contributed by atoms with van der Waals surface area (Å²) in [7, 11) is 0. The van der Waals surface area contributed by atoms with Gasteiger partial charge in [-0.05, 0) is 49.2 Å². The number of hydrogen-bond donors (Lipinski definition) is 2. The van der Waals surface area contributed by atoms with Crippen molar-refractivity contribution in [1.29, 1.82) is 0 Å². The number of nitrogens with two attached hydrogens (primary N) is 1. The van der Waals surface area contributed by atoms with Gasteiger partial charge >= 0.3 is 0 Å². The third-order valence-corrected chi connectivity index (χ3v) is 4.41. The summed E-state index contributed by atoms with van der Waals surface area (Å²) in [6, 6.07) is 11.1. The van der Waals surface area contributed by atoms with Gasteiger partial charge in [-0.1, -0.05) is 0 Å². The number of hydrogen-bond acceptors (Lipinski definition) is 5. The highest BCUT2D eigenvalue weighted by atomic mass is 35.5. The van der Waals surface area contributed by atoms with Crippen LogP contribution in [0.3, 0.4) is 0 Å². The number of nitrogens with one attached hydrogen (secondary N) is 1. The van der Waals surface area contributed by atoms with Gasteiger partial charge in [0.25, 0.3) is 5.91 Å². The molecule has 2 heterocycles. The standard InChI is InChI=1S/C19H18FN3O3.ClH/c20-12-3-1-11(2-4-12)19-23-15-7-5-13(9-17(15)26-19)22-18(24)16-8-6-14(10-21)25-16;/h1-5,7,9,14,16H,6,8,10,21H2,(H,22,24);1H/t14-,16+;/m1./s1. The molecule has 2 aromatic carbocycles. The van der Waals surface area contributed by atoms with Gasteiger partial charge in [-0.15, -0.1) is 12.4 Å². The fraction of sp³-hybridized carbons (Fsp3) is 0.263. The molecule has 142 valence electrons. The van der Waals surface area contributed by atoms with Crippen molar-refractivity contribution < 1.29 is 18.3 Å². The summed E-state index contributed by atoms with van der Waals surface area (Å²) in [4.78, 5) is 16.7. The highest BCUT2D eigenvalue weighted by Gasteiger charge is 2.29. The van der Waals surface area contributed by atoms with Gasteiger partial charge in [0.05, 0.1) is 6.10 Å². The van der Waals surface area contributed by atoms with Gasteiger partial charge in [-0.25, -0.2) is 9.37 Å². The van der Waals surface area contributed by atoms with E-state index in [0.717, 1.165) is 6.42 Å². The molecule has 0 saturated carbocycles. The molecule has 3 N–H and O–H groups in total. The van der Waals surface area contributed by atoms with Gasteiger partial charge in [0, 0.05) is 23.9 Å². The molecule has 3 aromatic rings. The first kappa shape index (κ1) is 19.3. The van der Waals surface area contributed by atoms with E-state index >= 15 is 0 Å². The zero-order chi connectivity index (χ0) is 18.1. The van der Waals surface area contributed by atoms with Crippen LogP contribution >= 0.6 is 12.4 Å². The van der Waals surface area contributed by atoms with Crippen LogP contribution in [0.2, 0.25) is 0 Å². The van der Waals surface area contributed by atoms with E-state index in [1.54, 1.807) is 30.3 Å². The Bertz CT molecular complexity index is 945. The number of oxazole rings is 1. The van der Waals surface area contributed by atoms with E-state index in [4.69, 9.17) is 14.9 Å². The van der Waals surface area contributed by atoms with Crippen molar-refractivity contribution in [2.75, 3.05) is 11.9 Å². The lowest BCUT2D eigenvalue weighted by molar-refractivity contribution is -0.126. The number of nitrogens with zero attached hydrogens (tertiary/aromatic N) is 1. The molecule has 2 atom stereocenters. The minimum absolute atomic E-state index is 0. The van der Waals surface area contributed by atoms with Gasteiger partial charge in [0.15, 0.2) is 5.58 Å². The summed E-state index contributed by atoms with van der Waals surface area (Å²) in [5.41, 5.74) is 8.05. The van der Waals surface area contributed by atoms with Crippen LogP contribution in [0, 0.1) is 5.82 Å². The maximum Gasteiger partial charge on any atom is 0.253 e. The molecule has 0 unspecified atom stereocenters. The van der Waals surface area contributed by atoms with E-state index < -0.39 is 6.10 Å². The molecule has 1 saturated heterocycles. The monoisotopic (exact) mass is 391 g/mol. The molecule has 8 heteroatoms. The van der Waals surface area contributed by atoms with Crippen LogP contribution in [-0.2, 0) is 9.53 Å². The second-order valence-electron chi connectivity index (χ2n) is 6.26. The molecule has 1 aliphatic heterocycles. The molecule has 1 aliphatic rings. The van der Waals surface area contributed by atoms with Gasteiger partial charge in [-0.2, -0.15) is 0 Å². The van der Waals surface area contributed by atoms with Crippen molar-refractivity contribution in [3.05, 3.63) is 48.3 Å². The Kier molecular flexibility index (Phi) is 5.74. The first-order valence-electron chi connectivity index (χ1n) is 8.45. The third kappa shape index (κ3) is 4.10. The summed E-state index contributed by atoms with van der Waals surface area (Å²) in [6.07, 6.45) is 0.911. The summed E-state index contributed by atoms with van der Waals surface area (Å²) < 4.78 is 24.4. The molecular formula is C19H19ClFN3O3. The number of carbonyl (C=O) groups is 1. The smallest absolute Gasteiger partial charge is 0.253 e. The first-order chi connectivity index (χ1) is 12.6. The number of anilines is 1. The van der Waals surface area contributed by atoms with E-state index in [1.807, 2.05) is 0 Å². The van der Waals surface area contributed by atoms with Gasteiger partial charge in [-0.3, -0.25) is 4.79 Å². The van der Waals surface area contributed by atoms with Gasteiger partial charge in [0.1, 0.15) is 17.4 Å². The number of carbonyl (C=O) groups excluding carboxylic acids is 1. The van der Waals surface area contributed by atoms with Crippen LogP contribution in [-0.4, -0.2) is 29.6 Å². The predicted octanol–water partition coefficient (Wildman–Crippen LogP) is 3.50. The van der Waals surface area contributed by atoms with Crippen molar-refractivity contribution in [2.24, 2.45) is 5.73 Å². The number of benzene rings is 2. The normalized spacial score (nSPS) is 19.0. The van der Waals surface area contributed by atoms with Crippen LogP contribution in [0.1, 0.15) is 12.8 Å². The SMILES string of the molecule is Cl.NC[C@H]1CC[C@@H](C(=O)Nc2ccc3nc(-c4ccc(F)cc4)oc3c2)O1. The van der Waals surface area contributed by atoms with Crippen LogP contribution in [0.4, 0.5) is 10.1 Å².